The average molecular weight is 263 g/mol. The van der Waals surface area contributed by atoms with E-state index in [1.807, 2.05) is 0 Å². The van der Waals surface area contributed by atoms with Crippen LogP contribution in [-0.4, -0.2) is 55.2 Å². The van der Waals surface area contributed by atoms with Gasteiger partial charge in [0.1, 0.15) is 0 Å². The molecule has 0 saturated carbocycles. The summed E-state index contributed by atoms with van der Waals surface area (Å²) in [4.78, 5) is 2.48. The minimum Gasteiger partial charge on any atom is -0.374 e. The Hall–Kier alpha value is 0.170. The van der Waals surface area contributed by atoms with Gasteiger partial charge in [-0.25, -0.2) is 0 Å². The lowest BCUT2D eigenvalue weighted by atomic mass is 10.1. The number of rotatable bonds is 7. The number of morpholine rings is 1. The summed E-state index contributed by atoms with van der Waals surface area (Å²) in [6.45, 7) is 10.6. The zero-order chi connectivity index (χ0) is 12.7. The molecule has 1 aliphatic rings. The summed E-state index contributed by atoms with van der Waals surface area (Å²) < 4.78 is 5.79. The van der Waals surface area contributed by atoms with E-state index in [0.717, 1.165) is 45.0 Å². The number of nitrogens with one attached hydrogen (secondary N) is 1. The lowest BCUT2D eigenvalue weighted by Gasteiger charge is -2.36. The van der Waals surface area contributed by atoms with E-state index in [-0.39, 0.29) is 0 Å². The summed E-state index contributed by atoms with van der Waals surface area (Å²) in [5, 5.41) is 3.56. The van der Waals surface area contributed by atoms with Gasteiger partial charge < -0.3 is 10.1 Å². The first kappa shape index (κ1) is 15.2. The van der Waals surface area contributed by atoms with Crippen molar-refractivity contribution in [3.63, 3.8) is 0 Å². The van der Waals surface area contributed by atoms with Crippen molar-refractivity contribution in [3.05, 3.63) is 0 Å². The molecule has 1 N–H and O–H groups in total. The van der Waals surface area contributed by atoms with Crippen LogP contribution in [0.1, 0.15) is 33.6 Å². The van der Waals surface area contributed by atoms with E-state index in [9.17, 15) is 0 Å². The van der Waals surface area contributed by atoms with Gasteiger partial charge >= 0.3 is 0 Å². The van der Waals surface area contributed by atoms with Crippen molar-refractivity contribution in [1.29, 1.82) is 0 Å². The van der Waals surface area contributed by atoms with Crippen LogP contribution in [0.5, 0.6) is 0 Å². The minimum absolute atomic E-state index is 0.329. The fraction of sp³-hybridized carbons (Fsp3) is 1.00. The molecule has 1 heterocycles. The summed E-state index contributed by atoms with van der Waals surface area (Å²) in [6.07, 6.45) is 2.50. The Morgan fingerprint density at radius 2 is 2.24 bits per heavy atom. The third-order valence-corrected chi connectivity index (χ3v) is 3.70. The zero-order valence-electron chi connectivity index (χ0n) is 11.4. The monoisotopic (exact) mass is 262 g/mol. The van der Waals surface area contributed by atoms with Crippen LogP contribution in [0.25, 0.3) is 0 Å². The van der Waals surface area contributed by atoms with Crippen molar-refractivity contribution < 1.29 is 4.74 Å². The second-order valence-electron chi connectivity index (χ2n) is 5.07. The number of hydrogen-bond acceptors (Lipinski definition) is 3. The molecule has 2 atom stereocenters. The second kappa shape index (κ2) is 8.30. The van der Waals surface area contributed by atoms with Crippen molar-refractivity contribution in [2.24, 2.45) is 0 Å². The molecule has 1 saturated heterocycles. The van der Waals surface area contributed by atoms with E-state index in [4.69, 9.17) is 16.3 Å². The molecule has 0 spiro atoms. The van der Waals surface area contributed by atoms with Crippen molar-refractivity contribution >= 4 is 11.6 Å². The molecule has 0 amide bonds. The van der Waals surface area contributed by atoms with Crippen LogP contribution >= 0.6 is 11.6 Å². The number of nitrogens with zero attached hydrogens (tertiary/aromatic N) is 1. The highest BCUT2D eigenvalue weighted by molar-refractivity contribution is 6.17. The Morgan fingerprint density at radius 3 is 2.82 bits per heavy atom. The Kier molecular flexibility index (Phi) is 7.44. The molecule has 2 unspecified atom stereocenters. The summed E-state index contributed by atoms with van der Waals surface area (Å²) in [6, 6.07) is 1.15. The van der Waals surface area contributed by atoms with Gasteiger partial charge in [-0.3, -0.25) is 4.90 Å². The number of hydrogen-bond donors (Lipinski definition) is 1. The Balaban J connectivity index is 2.26. The first-order valence-corrected chi connectivity index (χ1v) is 7.35. The molecular weight excluding hydrogens is 236 g/mol. The molecule has 17 heavy (non-hydrogen) atoms. The lowest BCUT2D eigenvalue weighted by molar-refractivity contribution is -0.0381. The molecule has 102 valence electrons. The van der Waals surface area contributed by atoms with Gasteiger partial charge in [0.2, 0.25) is 0 Å². The lowest BCUT2D eigenvalue weighted by Crippen LogP contribution is -2.50. The van der Waals surface area contributed by atoms with Gasteiger partial charge in [0.15, 0.2) is 0 Å². The molecule has 1 aliphatic heterocycles. The summed E-state index contributed by atoms with van der Waals surface area (Å²) in [5.41, 5.74) is 0. The van der Waals surface area contributed by atoms with Crippen molar-refractivity contribution in [3.8, 4) is 0 Å². The molecule has 0 aromatic carbocycles. The number of alkyl halides is 1. The smallest absolute Gasteiger partial charge is 0.0826 e. The van der Waals surface area contributed by atoms with Crippen molar-refractivity contribution in [1.82, 2.24) is 10.2 Å². The van der Waals surface area contributed by atoms with Gasteiger partial charge in [0, 0.05) is 37.6 Å². The predicted molar refractivity (Wildman–Crippen MR) is 73.9 cm³/mol. The van der Waals surface area contributed by atoms with Crippen LogP contribution in [0.3, 0.4) is 0 Å². The first-order chi connectivity index (χ1) is 8.17. The van der Waals surface area contributed by atoms with Gasteiger partial charge in [-0.2, -0.15) is 0 Å². The Morgan fingerprint density at radius 1 is 1.47 bits per heavy atom. The number of ether oxygens (including phenoxy) is 1. The maximum atomic E-state index is 5.79. The van der Waals surface area contributed by atoms with Crippen LogP contribution in [0.15, 0.2) is 0 Å². The largest absolute Gasteiger partial charge is 0.374 e. The summed E-state index contributed by atoms with van der Waals surface area (Å²) >= 11 is 5.78. The predicted octanol–water partition coefficient (Wildman–Crippen LogP) is 2.09. The normalized spacial score (nSPS) is 24.2. The Labute approximate surface area is 111 Å². The van der Waals surface area contributed by atoms with E-state index >= 15 is 0 Å². The first-order valence-electron chi connectivity index (χ1n) is 6.82. The molecule has 3 nitrogen and oxygen atoms in total. The molecule has 1 fully saturated rings. The molecule has 0 aromatic rings. The highest BCUT2D eigenvalue weighted by atomic mass is 35.5. The quantitative estimate of drug-likeness (QED) is 0.711. The number of halogens is 1. The summed E-state index contributed by atoms with van der Waals surface area (Å²) in [7, 11) is 0. The highest BCUT2D eigenvalue weighted by Gasteiger charge is 2.22. The molecule has 0 radical (unpaired) electrons. The second-order valence-corrected chi connectivity index (χ2v) is 5.45. The third kappa shape index (κ3) is 5.56. The third-order valence-electron chi connectivity index (χ3n) is 3.49. The van der Waals surface area contributed by atoms with Crippen LogP contribution < -0.4 is 5.32 Å². The SMILES string of the molecule is CCC(CCCl)NCC1CN(C(C)C)CCO1. The molecule has 1 rings (SSSR count). The highest BCUT2D eigenvalue weighted by Crippen LogP contribution is 2.09. The van der Waals surface area contributed by atoms with Gasteiger partial charge in [-0.05, 0) is 26.7 Å². The van der Waals surface area contributed by atoms with E-state index in [0.29, 0.717) is 18.2 Å². The average Bonchev–Trinajstić information content (AvgIpc) is 2.34. The maximum absolute atomic E-state index is 5.79. The standard InChI is InChI=1S/C13H27ClN2O/c1-4-12(5-6-14)15-9-13-10-16(11(2)3)7-8-17-13/h11-13,15H,4-10H2,1-3H3. The van der Waals surface area contributed by atoms with Gasteiger partial charge in [0.05, 0.1) is 12.7 Å². The van der Waals surface area contributed by atoms with E-state index in [1.54, 1.807) is 0 Å². The van der Waals surface area contributed by atoms with E-state index in [2.05, 4.69) is 31.0 Å². The van der Waals surface area contributed by atoms with Crippen LogP contribution in [0.4, 0.5) is 0 Å². The van der Waals surface area contributed by atoms with Gasteiger partial charge in [-0.15, -0.1) is 11.6 Å². The topological polar surface area (TPSA) is 24.5 Å². The van der Waals surface area contributed by atoms with Gasteiger partial charge in [0.25, 0.3) is 0 Å². The molecule has 0 aromatic heterocycles. The maximum Gasteiger partial charge on any atom is 0.0826 e. The van der Waals surface area contributed by atoms with Crippen LogP contribution in [-0.2, 0) is 4.74 Å². The Bertz CT molecular complexity index is 202. The summed E-state index contributed by atoms with van der Waals surface area (Å²) in [5.74, 6) is 0.731. The molecule has 4 heteroatoms. The van der Waals surface area contributed by atoms with Crippen molar-refractivity contribution in [2.75, 3.05) is 32.1 Å². The van der Waals surface area contributed by atoms with Crippen molar-refractivity contribution in [2.45, 2.75) is 51.8 Å². The molecule has 0 bridgehead atoms. The van der Waals surface area contributed by atoms with E-state index in [1.165, 1.54) is 0 Å². The fourth-order valence-electron chi connectivity index (χ4n) is 2.22. The molecule has 0 aliphatic carbocycles. The van der Waals surface area contributed by atoms with E-state index < -0.39 is 0 Å². The van der Waals surface area contributed by atoms with Crippen LogP contribution in [0.2, 0.25) is 0 Å². The van der Waals surface area contributed by atoms with Crippen LogP contribution in [0, 0.1) is 0 Å². The van der Waals surface area contributed by atoms with Gasteiger partial charge in [-0.1, -0.05) is 6.92 Å². The fourth-order valence-corrected chi connectivity index (χ4v) is 2.48. The minimum atomic E-state index is 0.329. The molecular formula is C13H27ClN2O. The zero-order valence-corrected chi connectivity index (χ0v) is 12.2.